The van der Waals surface area contributed by atoms with E-state index in [1.54, 1.807) is 6.20 Å². The summed E-state index contributed by atoms with van der Waals surface area (Å²) in [5.41, 5.74) is 1.23. The molecule has 0 unspecified atom stereocenters. The van der Waals surface area contributed by atoms with Crippen LogP contribution in [0.4, 0.5) is 0 Å². The molecule has 4 heteroatoms. The van der Waals surface area contributed by atoms with Gasteiger partial charge in [-0.1, -0.05) is 6.07 Å². The molecule has 90 valence electrons. The van der Waals surface area contributed by atoms with Crippen LogP contribution < -0.4 is 0 Å². The Morgan fingerprint density at radius 3 is 2.88 bits per heavy atom. The van der Waals surface area contributed by atoms with Gasteiger partial charge in [0.2, 0.25) is 0 Å². The molecule has 0 aliphatic rings. The van der Waals surface area contributed by atoms with E-state index >= 15 is 0 Å². The molecule has 17 heavy (non-hydrogen) atoms. The highest BCUT2D eigenvalue weighted by atomic mass is 16.6. The molecule has 0 fully saturated rings. The molecule has 2 aromatic heterocycles. The summed E-state index contributed by atoms with van der Waals surface area (Å²) in [6, 6.07) is 5.73. The smallest absolute Gasteiger partial charge is 0.312 e. The largest absolute Gasteiger partial charge is 0.460 e. The van der Waals surface area contributed by atoms with Gasteiger partial charge in [0.1, 0.15) is 11.2 Å². The van der Waals surface area contributed by atoms with Crippen molar-refractivity contribution in [3.63, 3.8) is 0 Å². The van der Waals surface area contributed by atoms with Crippen LogP contribution in [0.1, 0.15) is 26.5 Å². The van der Waals surface area contributed by atoms with Crippen molar-refractivity contribution in [3.05, 3.63) is 36.3 Å². The van der Waals surface area contributed by atoms with E-state index in [-0.39, 0.29) is 12.4 Å². The molecule has 2 aromatic rings. The van der Waals surface area contributed by atoms with Crippen LogP contribution >= 0.6 is 0 Å². The Bertz CT molecular complexity index is 538. The third-order valence-electron chi connectivity index (χ3n) is 2.24. The van der Waals surface area contributed by atoms with Crippen molar-refractivity contribution >= 4 is 11.6 Å². The lowest BCUT2D eigenvalue weighted by Gasteiger charge is -2.19. The molecule has 0 saturated heterocycles. The Kier molecular flexibility index (Phi) is 2.88. The van der Waals surface area contributed by atoms with Crippen LogP contribution in [0.25, 0.3) is 5.65 Å². The van der Waals surface area contributed by atoms with Gasteiger partial charge in [-0.15, -0.1) is 0 Å². The van der Waals surface area contributed by atoms with Crippen molar-refractivity contribution in [2.24, 2.45) is 0 Å². The van der Waals surface area contributed by atoms with Gasteiger partial charge in [0.25, 0.3) is 0 Å². The monoisotopic (exact) mass is 232 g/mol. The number of nitrogens with zero attached hydrogens (tertiary/aromatic N) is 2. The average Bonchev–Trinajstić information content (AvgIpc) is 2.59. The molecule has 0 bridgehead atoms. The predicted octanol–water partition coefficient (Wildman–Crippen LogP) is 2.22. The first-order chi connectivity index (χ1) is 7.96. The molecular formula is C13H16N2O2. The van der Waals surface area contributed by atoms with E-state index in [0.29, 0.717) is 0 Å². The van der Waals surface area contributed by atoms with Gasteiger partial charge in [-0.05, 0) is 32.9 Å². The van der Waals surface area contributed by atoms with Crippen molar-refractivity contribution in [2.45, 2.75) is 32.8 Å². The van der Waals surface area contributed by atoms with Crippen molar-refractivity contribution in [1.82, 2.24) is 9.38 Å². The number of ether oxygens (including phenoxy) is 1. The quantitative estimate of drug-likeness (QED) is 0.746. The number of imidazole rings is 1. The van der Waals surface area contributed by atoms with E-state index < -0.39 is 5.60 Å². The van der Waals surface area contributed by atoms with Crippen molar-refractivity contribution in [1.29, 1.82) is 0 Å². The Morgan fingerprint density at radius 1 is 1.41 bits per heavy atom. The fourth-order valence-electron chi connectivity index (χ4n) is 1.64. The van der Waals surface area contributed by atoms with Gasteiger partial charge in [0.05, 0.1) is 12.1 Å². The van der Waals surface area contributed by atoms with Crippen LogP contribution in [-0.2, 0) is 16.0 Å². The molecule has 2 heterocycles. The Balaban J connectivity index is 2.16. The second-order valence-electron chi connectivity index (χ2n) is 4.94. The summed E-state index contributed by atoms with van der Waals surface area (Å²) in [5.74, 6) is -0.233. The van der Waals surface area contributed by atoms with Crippen molar-refractivity contribution < 1.29 is 9.53 Å². The summed E-state index contributed by atoms with van der Waals surface area (Å²) in [7, 11) is 0. The highest BCUT2D eigenvalue weighted by Crippen LogP contribution is 2.11. The average molecular weight is 232 g/mol. The lowest BCUT2D eigenvalue weighted by Crippen LogP contribution is -2.25. The van der Waals surface area contributed by atoms with Crippen molar-refractivity contribution in [3.8, 4) is 0 Å². The Morgan fingerprint density at radius 2 is 2.18 bits per heavy atom. The molecule has 0 aliphatic carbocycles. The van der Waals surface area contributed by atoms with E-state index in [4.69, 9.17) is 4.74 Å². The molecule has 2 rings (SSSR count). The summed E-state index contributed by atoms with van der Waals surface area (Å²) in [4.78, 5) is 15.9. The first-order valence-electron chi connectivity index (χ1n) is 5.58. The normalized spacial score (nSPS) is 11.7. The Labute approximate surface area is 100 Å². The number of fused-ring (bicyclic) bond motifs is 1. The third-order valence-corrected chi connectivity index (χ3v) is 2.24. The zero-order valence-electron chi connectivity index (χ0n) is 10.3. The van der Waals surface area contributed by atoms with Crippen LogP contribution in [-0.4, -0.2) is 21.0 Å². The minimum absolute atomic E-state index is 0.233. The Hall–Kier alpha value is -1.84. The minimum Gasteiger partial charge on any atom is -0.460 e. The second-order valence-corrected chi connectivity index (χ2v) is 4.94. The summed E-state index contributed by atoms with van der Waals surface area (Å²) in [5, 5.41) is 0. The zero-order valence-corrected chi connectivity index (χ0v) is 10.3. The topological polar surface area (TPSA) is 43.6 Å². The van der Waals surface area contributed by atoms with Gasteiger partial charge in [0, 0.05) is 12.4 Å². The minimum atomic E-state index is -0.447. The molecule has 0 radical (unpaired) electrons. The van der Waals surface area contributed by atoms with E-state index in [1.165, 1.54) is 0 Å². The predicted molar refractivity (Wildman–Crippen MR) is 64.7 cm³/mol. The highest BCUT2D eigenvalue weighted by molar-refractivity contribution is 5.72. The van der Waals surface area contributed by atoms with E-state index in [0.717, 1.165) is 11.3 Å². The number of esters is 1. The molecule has 0 aromatic carbocycles. The lowest BCUT2D eigenvalue weighted by atomic mass is 10.2. The molecule has 0 N–H and O–H groups in total. The van der Waals surface area contributed by atoms with Crippen LogP contribution in [0, 0.1) is 0 Å². The summed E-state index contributed by atoms with van der Waals surface area (Å²) < 4.78 is 7.17. The van der Waals surface area contributed by atoms with Crippen LogP contribution in [0.15, 0.2) is 30.6 Å². The number of rotatable bonds is 2. The molecular weight excluding hydrogens is 216 g/mol. The van der Waals surface area contributed by atoms with Gasteiger partial charge < -0.3 is 9.14 Å². The molecule has 0 spiro atoms. The first kappa shape index (κ1) is 11.6. The summed E-state index contributed by atoms with van der Waals surface area (Å²) in [6.07, 6.45) is 3.84. The lowest BCUT2D eigenvalue weighted by molar-refractivity contribution is -0.154. The number of aromatic nitrogens is 2. The number of hydrogen-bond donors (Lipinski definition) is 0. The van der Waals surface area contributed by atoms with Gasteiger partial charge in [-0.25, -0.2) is 4.98 Å². The van der Waals surface area contributed by atoms with E-state index in [9.17, 15) is 4.79 Å². The van der Waals surface area contributed by atoms with Gasteiger partial charge in [-0.2, -0.15) is 0 Å². The molecule has 0 saturated carbocycles. The molecule has 4 nitrogen and oxygen atoms in total. The number of hydrogen-bond acceptors (Lipinski definition) is 3. The maximum absolute atomic E-state index is 11.7. The van der Waals surface area contributed by atoms with E-state index in [2.05, 4.69) is 4.98 Å². The standard InChI is InChI=1S/C13H16N2O2/c1-13(2,3)17-12(16)8-10-9-14-11-6-4-5-7-15(10)11/h4-7,9H,8H2,1-3H3. The van der Waals surface area contributed by atoms with Gasteiger partial charge >= 0.3 is 5.97 Å². The van der Waals surface area contributed by atoms with Gasteiger partial charge in [0.15, 0.2) is 0 Å². The summed E-state index contributed by atoms with van der Waals surface area (Å²) >= 11 is 0. The summed E-state index contributed by atoms with van der Waals surface area (Å²) in [6.45, 7) is 5.58. The molecule has 0 aliphatic heterocycles. The molecule has 0 atom stereocenters. The number of carbonyl (C=O) groups is 1. The van der Waals surface area contributed by atoms with Crippen molar-refractivity contribution in [2.75, 3.05) is 0 Å². The van der Waals surface area contributed by atoms with Crippen LogP contribution in [0.5, 0.6) is 0 Å². The zero-order chi connectivity index (χ0) is 12.5. The third kappa shape index (κ3) is 2.84. The number of pyridine rings is 1. The van der Waals surface area contributed by atoms with E-state index in [1.807, 2.05) is 49.6 Å². The fraction of sp³-hybridized carbons (Fsp3) is 0.385. The maximum Gasteiger partial charge on any atom is 0.312 e. The molecule has 0 amide bonds. The maximum atomic E-state index is 11.7. The van der Waals surface area contributed by atoms with Crippen LogP contribution in [0.2, 0.25) is 0 Å². The van der Waals surface area contributed by atoms with Crippen LogP contribution in [0.3, 0.4) is 0 Å². The SMILES string of the molecule is CC(C)(C)OC(=O)Cc1cnc2ccccn12. The highest BCUT2D eigenvalue weighted by Gasteiger charge is 2.17. The number of carbonyl (C=O) groups excluding carboxylic acids is 1. The van der Waals surface area contributed by atoms with Gasteiger partial charge in [-0.3, -0.25) is 4.79 Å². The second kappa shape index (κ2) is 4.20. The fourth-order valence-corrected chi connectivity index (χ4v) is 1.64. The first-order valence-corrected chi connectivity index (χ1v) is 5.58.